The van der Waals surface area contributed by atoms with Gasteiger partial charge in [-0.3, -0.25) is 0 Å². The molecule has 0 spiro atoms. The first-order chi connectivity index (χ1) is 10.2. The van der Waals surface area contributed by atoms with E-state index >= 15 is 0 Å². The Morgan fingerprint density at radius 3 is 2.86 bits per heavy atom. The Bertz CT molecular complexity index is 784. The fraction of sp³-hybridized carbons (Fsp3) is 0.267. The molecular formula is C15H15BrN4S. The van der Waals surface area contributed by atoms with Gasteiger partial charge in [0.2, 0.25) is 0 Å². The first-order valence-corrected chi connectivity index (χ1v) is 8.42. The summed E-state index contributed by atoms with van der Waals surface area (Å²) in [4.78, 5) is 14.6. The normalized spacial score (nSPS) is 11.0. The van der Waals surface area contributed by atoms with Crippen molar-refractivity contribution in [3.05, 3.63) is 33.9 Å². The highest BCUT2D eigenvalue weighted by atomic mass is 79.9. The summed E-state index contributed by atoms with van der Waals surface area (Å²) in [6.45, 7) is 5.02. The maximum absolute atomic E-state index is 4.69. The van der Waals surface area contributed by atoms with Gasteiger partial charge < -0.3 is 5.32 Å². The van der Waals surface area contributed by atoms with E-state index in [1.807, 2.05) is 25.3 Å². The zero-order chi connectivity index (χ0) is 14.8. The number of rotatable bonds is 4. The molecule has 0 unspecified atom stereocenters. The van der Waals surface area contributed by atoms with Crippen LogP contribution in [0, 0.1) is 6.92 Å². The lowest BCUT2D eigenvalue weighted by Crippen LogP contribution is -2.04. The molecule has 0 aliphatic carbocycles. The summed E-state index contributed by atoms with van der Waals surface area (Å²) in [5.74, 6) is 1.61. The van der Waals surface area contributed by atoms with Crippen molar-refractivity contribution in [1.29, 1.82) is 0 Å². The van der Waals surface area contributed by atoms with Crippen LogP contribution in [0.25, 0.3) is 21.6 Å². The summed E-state index contributed by atoms with van der Waals surface area (Å²) in [6, 6.07) is 6.06. The molecule has 0 aliphatic heterocycles. The van der Waals surface area contributed by atoms with E-state index in [4.69, 9.17) is 4.98 Å². The molecule has 0 saturated carbocycles. The van der Waals surface area contributed by atoms with E-state index in [0.717, 1.165) is 49.9 Å². The molecule has 0 fully saturated rings. The number of fused-ring (bicyclic) bond motifs is 1. The summed E-state index contributed by atoms with van der Waals surface area (Å²) >= 11 is 5.12. The third-order valence-electron chi connectivity index (χ3n) is 3.04. The van der Waals surface area contributed by atoms with Crippen molar-refractivity contribution in [1.82, 2.24) is 15.0 Å². The van der Waals surface area contributed by atoms with Gasteiger partial charge in [-0.1, -0.05) is 22.9 Å². The second-order valence-electron chi connectivity index (χ2n) is 4.73. The Morgan fingerprint density at radius 1 is 1.29 bits per heavy atom. The van der Waals surface area contributed by atoms with Gasteiger partial charge in [0.1, 0.15) is 5.82 Å². The van der Waals surface area contributed by atoms with Crippen LogP contribution in [0.4, 0.5) is 5.82 Å². The molecule has 1 aromatic carbocycles. The van der Waals surface area contributed by atoms with Gasteiger partial charge in [-0.15, -0.1) is 11.3 Å². The first-order valence-electron chi connectivity index (χ1n) is 6.81. The molecule has 108 valence electrons. The fourth-order valence-electron chi connectivity index (χ4n) is 2.05. The number of nitrogens with one attached hydrogen (secondary N) is 1. The lowest BCUT2D eigenvalue weighted by molar-refractivity contribution is 0.970. The van der Waals surface area contributed by atoms with Crippen molar-refractivity contribution >= 4 is 44.0 Å². The topological polar surface area (TPSA) is 50.7 Å². The molecule has 4 nitrogen and oxygen atoms in total. The average molecular weight is 363 g/mol. The van der Waals surface area contributed by atoms with Crippen molar-refractivity contribution in [3.8, 4) is 10.7 Å². The molecule has 2 aromatic heterocycles. The third-order valence-corrected chi connectivity index (χ3v) is 4.44. The van der Waals surface area contributed by atoms with Gasteiger partial charge in [-0.05, 0) is 31.5 Å². The van der Waals surface area contributed by atoms with Gasteiger partial charge in [0.25, 0.3) is 0 Å². The standard InChI is InChI=1S/C15H15BrN4S/c1-3-6-17-14-11-7-10(16)4-5-12(11)19-15(20-14)13-8-18-9(2)21-13/h4-5,7-8H,3,6H2,1-2H3,(H,17,19,20). The third kappa shape index (κ3) is 3.06. The predicted octanol–water partition coefficient (Wildman–Crippen LogP) is 4.65. The number of nitrogens with zero attached hydrogens (tertiary/aromatic N) is 3. The van der Waals surface area contributed by atoms with Crippen molar-refractivity contribution in [3.63, 3.8) is 0 Å². The zero-order valence-corrected chi connectivity index (χ0v) is 14.3. The number of halogens is 1. The Hall–Kier alpha value is -1.53. The van der Waals surface area contributed by atoms with Crippen molar-refractivity contribution in [2.24, 2.45) is 0 Å². The summed E-state index contributed by atoms with van der Waals surface area (Å²) < 4.78 is 1.03. The molecule has 21 heavy (non-hydrogen) atoms. The van der Waals surface area contributed by atoms with Crippen LogP contribution in [-0.4, -0.2) is 21.5 Å². The second-order valence-corrected chi connectivity index (χ2v) is 6.88. The fourth-order valence-corrected chi connectivity index (χ4v) is 3.13. The second kappa shape index (κ2) is 6.07. The summed E-state index contributed by atoms with van der Waals surface area (Å²) in [6.07, 6.45) is 2.89. The van der Waals surface area contributed by atoms with E-state index in [9.17, 15) is 0 Å². The highest BCUT2D eigenvalue weighted by molar-refractivity contribution is 9.10. The number of hydrogen-bond donors (Lipinski definition) is 1. The molecule has 0 saturated heterocycles. The summed E-state index contributed by atoms with van der Waals surface area (Å²) in [5.41, 5.74) is 0.938. The largest absolute Gasteiger partial charge is 0.369 e. The number of anilines is 1. The van der Waals surface area contributed by atoms with E-state index in [1.54, 1.807) is 11.3 Å². The summed E-state index contributed by atoms with van der Waals surface area (Å²) in [5, 5.41) is 5.45. The minimum Gasteiger partial charge on any atom is -0.369 e. The van der Waals surface area contributed by atoms with Crippen LogP contribution < -0.4 is 5.32 Å². The molecular weight excluding hydrogens is 348 g/mol. The number of hydrogen-bond acceptors (Lipinski definition) is 5. The van der Waals surface area contributed by atoms with Gasteiger partial charge in [-0.2, -0.15) is 0 Å². The molecule has 2 heterocycles. The highest BCUT2D eigenvalue weighted by Gasteiger charge is 2.11. The van der Waals surface area contributed by atoms with Crippen molar-refractivity contribution < 1.29 is 0 Å². The zero-order valence-electron chi connectivity index (χ0n) is 11.9. The van der Waals surface area contributed by atoms with Gasteiger partial charge >= 0.3 is 0 Å². The van der Waals surface area contributed by atoms with E-state index < -0.39 is 0 Å². The Labute approximate surface area is 135 Å². The monoisotopic (exact) mass is 362 g/mol. The summed E-state index contributed by atoms with van der Waals surface area (Å²) in [7, 11) is 0. The molecule has 3 rings (SSSR count). The van der Waals surface area contributed by atoms with Crippen LogP contribution >= 0.6 is 27.3 Å². The average Bonchev–Trinajstić information content (AvgIpc) is 2.91. The first kappa shape index (κ1) is 14.4. The molecule has 6 heteroatoms. The molecule has 0 radical (unpaired) electrons. The number of aromatic nitrogens is 3. The van der Waals surface area contributed by atoms with Crippen LogP contribution in [0.5, 0.6) is 0 Å². The minimum atomic E-state index is 0.731. The molecule has 0 atom stereocenters. The van der Waals surface area contributed by atoms with Crippen molar-refractivity contribution in [2.75, 3.05) is 11.9 Å². The highest BCUT2D eigenvalue weighted by Crippen LogP contribution is 2.29. The molecule has 1 N–H and O–H groups in total. The van der Waals surface area contributed by atoms with Gasteiger partial charge in [0, 0.05) is 22.6 Å². The van der Waals surface area contributed by atoms with Crippen LogP contribution in [0.3, 0.4) is 0 Å². The maximum atomic E-state index is 4.69. The SMILES string of the molecule is CCCNc1nc(-c2cnc(C)s2)nc2ccc(Br)cc12. The van der Waals surface area contributed by atoms with E-state index in [2.05, 4.69) is 44.2 Å². The lowest BCUT2D eigenvalue weighted by atomic mass is 10.2. The van der Waals surface area contributed by atoms with Crippen LogP contribution in [0.15, 0.2) is 28.9 Å². The molecule has 0 bridgehead atoms. The van der Waals surface area contributed by atoms with Gasteiger partial charge in [-0.25, -0.2) is 15.0 Å². The number of thiazole rings is 1. The lowest BCUT2D eigenvalue weighted by Gasteiger charge is -2.09. The Kier molecular flexibility index (Phi) is 4.17. The minimum absolute atomic E-state index is 0.731. The van der Waals surface area contributed by atoms with E-state index in [-0.39, 0.29) is 0 Å². The maximum Gasteiger partial charge on any atom is 0.173 e. The molecule has 3 aromatic rings. The van der Waals surface area contributed by atoms with E-state index in [1.165, 1.54) is 0 Å². The Morgan fingerprint density at radius 2 is 2.14 bits per heavy atom. The molecule has 0 aliphatic rings. The van der Waals surface area contributed by atoms with E-state index in [0.29, 0.717) is 0 Å². The van der Waals surface area contributed by atoms with Crippen LogP contribution in [0.2, 0.25) is 0 Å². The quantitative estimate of drug-likeness (QED) is 0.733. The van der Waals surface area contributed by atoms with Crippen LogP contribution in [0.1, 0.15) is 18.4 Å². The van der Waals surface area contributed by atoms with Crippen molar-refractivity contribution in [2.45, 2.75) is 20.3 Å². The number of benzene rings is 1. The van der Waals surface area contributed by atoms with Gasteiger partial charge in [0.15, 0.2) is 5.82 Å². The molecule has 0 amide bonds. The Balaban J connectivity index is 2.16. The van der Waals surface area contributed by atoms with Crippen LogP contribution in [-0.2, 0) is 0 Å². The number of aryl methyl sites for hydroxylation is 1. The smallest absolute Gasteiger partial charge is 0.173 e. The predicted molar refractivity (Wildman–Crippen MR) is 91.9 cm³/mol. The van der Waals surface area contributed by atoms with Gasteiger partial charge in [0.05, 0.1) is 15.4 Å².